The largest absolute Gasteiger partial charge is 0.416 e. The van der Waals surface area contributed by atoms with Gasteiger partial charge in [0, 0.05) is 12.2 Å². The fraction of sp³-hybridized carbons (Fsp3) is 0.429. The average Bonchev–Trinajstić information content (AvgIpc) is 2.39. The second-order valence-electron chi connectivity index (χ2n) is 4.74. The van der Waals surface area contributed by atoms with Crippen LogP contribution in [0.25, 0.3) is 0 Å². The molecule has 0 unspecified atom stereocenters. The van der Waals surface area contributed by atoms with E-state index >= 15 is 0 Å². The topological polar surface area (TPSA) is 70.2 Å². The first-order valence-electron chi connectivity index (χ1n) is 6.68. The lowest BCUT2D eigenvalue weighted by atomic mass is 10.1. The van der Waals surface area contributed by atoms with Crippen LogP contribution in [-0.2, 0) is 11.0 Å². The van der Waals surface area contributed by atoms with Crippen LogP contribution in [0.4, 0.5) is 23.7 Å². The zero-order valence-corrected chi connectivity index (χ0v) is 12.5. The minimum absolute atomic E-state index is 0.0949. The van der Waals surface area contributed by atoms with Gasteiger partial charge in [-0.3, -0.25) is 10.1 Å². The van der Waals surface area contributed by atoms with E-state index in [2.05, 4.69) is 16.0 Å². The van der Waals surface area contributed by atoms with Crippen molar-refractivity contribution in [2.75, 3.05) is 11.9 Å². The molecule has 3 amide bonds. The summed E-state index contributed by atoms with van der Waals surface area (Å²) in [4.78, 5) is 22.9. The van der Waals surface area contributed by atoms with E-state index in [1.807, 2.05) is 0 Å². The molecule has 0 aliphatic heterocycles. The molecule has 0 aliphatic rings. The van der Waals surface area contributed by atoms with E-state index < -0.39 is 29.7 Å². The van der Waals surface area contributed by atoms with E-state index in [4.69, 9.17) is 0 Å². The van der Waals surface area contributed by atoms with Gasteiger partial charge in [-0.2, -0.15) is 13.2 Å². The Hall–Kier alpha value is -2.25. The van der Waals surface area contributed by atoms with Crippen LogP contribution in [0.3, 0.4) is 0 Å². The number of imide groups is 1. The summed E-state index contributed by atoms with van der Waals surface area (Å²) >= 11 is 0. The molecule has 122 valence electrons. The van der Waals surface area contributed by atoms with Crippen LogP contribution >= 0.6 is 0 Å². The first kappa shape index (κ1) is 17.8. The highest BCUT2D eigenvalue weighted by Gasteiger charge is 2.32. The second kappa shape index (κ2) is 7.15. The molecule has 8 heteroatoms. The quantitative estimate of drug-likeness (QED) is 0.799. The minimum Gasteiger partial charge on any atom is -0.374 e. The Morgan fingerprint density at radius 1 is 1.27 bits per heavy atom. The van der Waals surface area contributed by atoms with Crippen molar-refractivity contribution in [2.24, 2.45) is 0 Å². The van der Waals surface area contributed by atoms with Crippen molar-refractivity contribution in [3.63, 3.8) is 0 Å². The Balaban J connectivity index is 2.78. The monoisotopic (exact) mass is 317 g/mol. The molecule has 1 rings (SSSR count). The number of hydrogen-bond acceptors (Lipinski definition) is 3. The smallest absolute Gasteiger partial charge is 0.374 e. The molecule has 1 aromatic carbocycles. The highest BCUT2D eigenvalue weighted by Crippen LogP contribution is 2.33. The standard InChI is InChI=1S/C14H18F3N3O2/c1-4-18-13(22)20-12(21)9(3)19-10-6-5-8(2)11(7-10)14(15,16)17/h5-7,9,19H,4H2,1-3H3,(H2,18,20,21,22)/t9-/m0/s1. The Labute approximate surface area is 126 Å². The minimum atomic E-state index is -4.46. The number of alkyl halides is 3. The summed E-state index contributed by atoms with van der Waals surface area (Å²) in [6.45, 7) is 4.85. The Morgan fingerprint density at radius 2 is 1.91 bits per heavy atom. The van der Waals surface area contributed by atoms with E-state index in [0.29, 0.717) is 6.54 Å². The molecule has 5 nitrogen and oxygen atoms in total. The third-order valence-electron chi connectivity index (χ3n) is 2.89. The molecule has 0 radical (unpaired) electrons. The normalized spacial score (nSPS) is 12.5. The third-order valence-corrected chi connectivity index (χ3v) is 2.89. The van der Waals surface area contributed by atoms with Gasteiger partial charge in [-0.25, -0.2) is 4.79 Å². The summed E-state index contributed by atoms with van der Waals surface area (Å²) in [5.41, 5.74) is -0.525. The fourth-order valence-electron chi connectivity index (χ4n) is 1.76. The van der Waals surface area contributed by atoms with Gasteiger partial charge in [0.2, 0.25) is 5.91 Å². The summed E-state index contributed by atoms with van der Waals surface area (Å²) in [7, 11) is 0. The van der Waals surface area contributed by atoms with Gasteiger partial charge in [-0.15, -0.1) is 0 Å². The number of anilines is 1. The molecule has 0 saturated heterocycles. The maximum absolute atomic E-state index is 12.8. The van der Waals surface area contributed by atoms with Gasteiger partial charge in [0.05, 0.1) is 5.56 Å². The van der Waals surface area contributed by atoms with E-state index in [9.17, 15) is 22.8 Å². The highest BCUT2D eigenvalue weighted by molar-refractivity contribution is 5.97. The number of carbonyl (C=O) groups is 2. The fourth-order valence-corrected chi connectivity index (χ4v) is 1.76. The Bertz CT molecular complexity index is 559. The van der Waals surface area contributed by atoms with Crippen molar-refractivity contribution in [1.29, 1.82) is 0 Å². The molecule has 1 atom stereocenters. The number of halogens is 3. The van der Waals surface area contributed by atoms with Gasteiger partial charge in [0.25, 0.3) is 0 Å². The lowest BCUT2D eigenvalue weighted by Crippen LogP contribution is -2.45. The average molecular weight is 317 g/mol. The molecule has 0 heterocycles. The number of carbonyl (C=O) groups excluding carboxylic acids is 2. The Kier molecular flexibility index (Phi) is 5.78. The van der Waals surface area contributed by atoms with Crippen LogP contribution in [0.1, 0.15) is 25.0 Å². The van der Waals surface area contributed by atoms with E-state index in [1.54, 1.807) is 6.92 Å². The lowest BCUT2D eigenvalue weighted by molar-refractivity contribution is -0.138. The number of nitrogens with one attached hydrogen (secondary N) is 3. The molecular formula is C14H18F3N3O2. The van der Waals surface area contributed by atoms with Crippen molar-refractivity contribution in [3.8, 4) is 0 Å². The summed E-state index contributed by atoms with van der Waals surface area (Å²) in [5, 5.41) is 7.10. The summed E-state index contributed by atoms with van der Waals surface area (Å²) in [6.07, 6.45) is -4.46. The zero-order valence-electron chi connectivity index (χ0n) is 12.5. The maximum Gasteiger partial charge on any atom is 0.416 e. The molecule has 0 fully saturated rings. The second-order valence-corrected chi connectivity index (χ2v) is 4.74. The van der Waals surface area contributed by atoms with Gasteiger partial charge >= 0.3 is 12.2 Å². The summed E-state index contributed by atoms with van der Waals surface area (Å²) < 4.78 is 38.5. The summed E-state index contributed by atoms with van der Waals surface area (Å²) in [5.74, 6) is -0.639. The van der Waals surface area contributed by atoms with Gasteiger partial charge in [-0.05, 0) is 38.5 Å². The van der Waals surface area contributed by atoms with Crippen LogP contribution in [0.5, 0.6) is 0 Å². The molecule has 3 N–H and O–H groups in total. The van der Waals surface area contributed by atoms with Crippen molar-refractivity contribution < 1.29 is 22.8 Å². The van der Waals surface area contributed by atoms with Gasteiger partial charge < -0.3 is 10.6 Å². The first-order valence-corrected chi connectivity index (χ1v) is 6.68. The predicted octanol–water partition coefficient (Wildman–Crippen LogP) is 2.66. The van der Waals surface area contributed by atoms with Gasteiger partial charge in [0.1, 0.15) is 6.04 Å². The third kappa shape index (κ3) is 4.94. The molecule has 22 heavy (non-hydrogen) atoms. The van der Waals surface area contributed by atoms with Crippen LogP contribution in [0.15, 0.2) is 18.2 Å². The number of rotatable bonds is 4. The number of benzene rings is 1. The highest BCUT2D eigenvalue weighted by atomic mass is 19.4. The SMILES string of the molecule is CCNC(=O)NC(=O)[C@H](C)Nc1ccc(C)c(C(F)(F)F)c1. The van der Waals surface area contributed by atoms with E-state index in [0.717, 1.165) is 6.07 Å². The van der Waals surface area contributed by atoms with Crippen molar-refractivity contribution >= 4 is 17.6 Å². The predicted molar refractivity (Wildman–Crippen MR) is 76.5 cm³/mol. The van der Waals surface area contributed by atoms with Crippen molar-refractivity contribution in [1.82, 2.24) is 10.6 Å². The number of amides is 3. The molecule has 0 spiro atoms. The molecule has 1 aromatic rings. The summed E-state index contributed by atoms with van der Waals surface area (Å²) in [6, 6.07) is 2.18. The number of hydrogen-bond donors (Lipinski definition) is 3. The molecule has 0 saturated carbocycles. The van der Waals surface area contributed by atoms with E-state index in [-0.39, 0.29) is 11.3 Å². The van der Waals surface area contributed by atoms with Crippen molar-refractivity contribution in [3.05, 3.63) is 29.3 Å². The van der Waals surface area contributed by atoms with E-state index in [1.165, 1.54) is 26.0 Å². The maximum atomic E-state index is 12.8. The molecule has 0 aromatic heterocycles. The first-order chi connectivity index (χ1) is 10.1. The van der Waals surface area contributed by atoms with Crippen LogP contribution in [0.2, 0.25) is 0 Å². The van der Waals surface area contributed by atoms with Gasteiger partial charge in [-0.1, -0.05) is 6.07 Å². The molecular weight excluding hydrogens is 299 g/mol. The Morgan fingerprint density at radius 3 is 2.45 bits per heavy atom. The number of urea groups is 1. The number of aryl methyl sites for hydroxylation is 1. The van der Waals surface area contributed by atoms with Crippen LogP contribution in [0, 0.1) is 6.92 Å². The van der Waals surface area contributed by atoms with Crippen molar-refractivity contribution in [2.45, 2.75) is 33.0 Å². The molecule has 0 aliphatic carbocycles. The van der Waals surface area contributed by atoms with Crippen LogP contribution < -0.4 is 16.0 Å². The molecule has 0 bridgehead atoms. The van der Waals surface area contributed by atoms with Crippen LogP contribution in [-0.4, -0.2) is 24.5 Å². The zero-order chi connectivity index (χ0) is 16.9. The van der Waals surface area contributed by atoms with Gasteiger partial charge in [0.15, 0.2) is 0 Å². The lowest BCUT2D eigenvalue weighted by Gasteiger charge is -2.17.